The summed E-state index contributed by atoms with van der Waals surface area (Å²) in [6, 6.07) is 3.88. The van der Waals surface area contributed by atoms with Gasteiger partial charge < -0.3 is 9.64 Å². The van der Waals surface area contributed by atoms with Crippen LogP contribution < -0.4 is 0 Å². The van der Waals surface area contributed by atoms with E-state index in [1.165, 1.54) is 12.8 Å². The number of piperidine rings is 1. The van der Waals surface area contributed by atoms with Gasteiger partial charge in [0.1, 0.15) is 6.54 Å². The minimum Gasteiger partial charge on any atom is -0.376 e. The number of hydrogen-bond donors (Lipinski definition) is 0. The van der Waals surface area contributed by atoms with Gasteiger partial charge in [0.25, 0.3) is 0 Å². The molecule has 30 heavy (non-hydrogen) atoms. The summed E-state index contributed by atoms with van der Waals surface area (Å²) in [5.41, 5.74) is 1.05. The molecule has 162 valence electrons. The highest BCUT2D eigenvalue weighted by molar-refractivity contribution is 5.76. The molecule has 2 aromatic rings. The molecule has 2 fully saturated rings. The van der Waals surface area contributed by atoms with Crippen molar-refractivity contribution < 1.29 is 9.53 Å². The largest absolute Gasteiger partial charge is 0.376 e. The Kier molecular flexibility index (Phi) is 7.01. The Hall–Kier alpha value is -2.39. The number of carbonyl (C=O) groups excluding carboxylic acids is 1. The van der Waals surface area contributed by atoms with Gasteiger partial charge in [-0.1, -0.05) is 6.92 Å². The van der Waals surface area contributed by atoms with Crippen LogP contribution in [0.2, 0.25) is 0 Å². The Labute approximate surface area is 177 Å². The van der Waals surface area contributed by atoms with E-state index in [2.05, 4.69) is 32.3 Å². The number of carbonyl (C=O) groups is 1. The van der Waals surface area contributed by atoms with Gasteiger partial charge in [0.05, 0.1) is 12.6 Å². The van der Waals surface area contributed by atoms with E-state index in [9.17, 15) is 4.79 Å². The Morgan fingerprint density at radius 2 is 2.03 bits per heavy atom. The van der Waals surface area contributed by atoms with E-state index in [1.54, 1.807) is 17.1 Å². The molecule has 0 saturated carbocycles. The SMILES string of the molecule is CC1CCN(Cc2nnnn2CC(=O)N(Cc2ccncc2)C[C@@H]2CCCO2)CC1. The summed E-state index contributed by atoms with van der Waals surface area (Å²) in [6.45, 7) is 7.11. The molecule has 0 bridgehead atoms. The molecule has 1 atom stereocenters. The number of likely N-dealkylation sites (tertiary alicyclic amines) is 1. The molecule has 0 radical (unpaired) electrons. The highest BCUT2D eigenvalue weighted by atomic mass is 16.5. The second-order valence-corrected chi connectivity index (χ2v) is 8.48. The van der Waals surface area contributed by atoms with E-state index in [4.69, 9.17) is 4.74 Å². The van der Waals surface area contributed by atoms with Crippen LogP contribution in [0.15, 0.2) is 24.5 Å². The fraction of sp³-hybridized carbons (Fsp3) is 0.667. The van der Waals surface area contributed by atoms with E-state index < -0.39 is 0 Å². The van der Waals surface area contributed by atoms with Gasteiger partial charge in [-0.05, 0) is 72.8 Å². The molecule has 9 heteroatoms. The van der Waals surface area contributed by atoms with Gasteiger partial charge in [-0.3, -0.25) is 14.7 Å². The highest BCUT2D eigenvalue weighted by Crippen LogP contribution is 2.18. The Balaban J connectivity index is 1.41. The number of tetrazole rings is 1. The number of aromatic nitrogens is 5. The van der Waals surface area contributed by atoms with Crippen molar-refractivity contribution in [3.63, 3.8) is 0 Å². The van der Waals surface area contributed by atoms with E-state index in [-0.39, 0.29) is 18.6 Å². The summed E-state index contributed by atoms with van der Waals surface area (Å²) in [5.74, 6) is 1.53. The second-order valence-electron chi connectivity index (χ2n) is 8.48. The second kappa shape index (κ2) is 10.1. The highest BCUT2D eigenvalue weighted by Gasteiger charge is 2.25. The van der Waals surface area contributed by atoms with Crippen molar-refractivity contribution in [3.8, 4) is 0 Å². The number of hydrogen-bond acceptors (Lipinski definition) is 7. The third kappa shape index (κ3) is 5.60. The first kappa shape index (κ1) is 20.9. The van der Waals surface area contributed by atoms with Gasteiger partial charge >= 0.3 is 0 Å². The van der Waals surface area contributed by atoms with Gasteiger partial charge in [-0.15, -0.1) is 5.10 Å². The van der Waals surface area contributed by atoms with Crippen LogP contribution in [0, 0.1) is 5.92 Å². The third-order valence-electron chi connectivity index (χ3n) is 6.06. The van der Waals surface area contributed by atoms with E-state index in [0.717, 1.165) is 49.8 Å². The molecule has 1 amide bonds. The summed E-state index contributed by atoms with van der Waals surface area (Å²) in [6.07, 6.45) is 8.03. The van der Waals surface area contributed by atoms with Crippen LogP contribution >= 0.6 is 0 Å². The molecule has 2 aliphatic heterocycles. The van der Waals surface area contributed by atoms with Crippen molar-refractivity contribution in [1.82, 2.24) is 35.0 Å². The molecular formula is C21H31N7O2. The van der Waals surface area contributed by atoms with Gasteiger partial charge in [0.15, 0.2) is 5.82 Å². The van der Waals surface area contributed by atoms with Gasteiger partial charge in [0.2, 0.25) is 5.91 Å². The zero-order valence-corrected chi connectivity index (χ0v) is 17.7. The average molecular weight is 414 g/mol. The predicted octanol–water partition coefficient (Wildman–Crippen LogP) is 1.51. The predicted molar refractivity (Wildman–Crippen MR) is 110 cm³/mol. The van der Waals surface area contributed by atoms with Crippen LogP contribution in [0.1, 0.15) is 44.0 Å². The van der Waals surface area contributed by atoms with E-state index in [1.807, 2.05) is 17.0 Å². The summed E-state index contributed by atoms with van der Waals surface area (Å²) in [7, 11) is 0. The molecule has 0 aliphatic carbocycles. The zero-order chi connectivity index (χ0) is 20.8. The zero-order valence-electron chi connectivity index (χ0n) is 17.7. The first-order chi connectivity index (χ1) is 14.7. The molecule has 0 spiro atoms. The van der Waals surface area contributed by atoms with Crippen molar-refractivity contribution in [2.45, 2.75) is 58.3 Å². The molecular weight excluding hydrogens is 382 g/mol. The quantitative estimate of drug-likeness (QED) is 0.648. The molecule has 0 unspecified atom stereocenters. The first-order valence-electron chi connectivity index (χ1n) is 10.9. The van der Waals surface area contributed by atoms with Crippen LogP contribution in [0.3, 0.4) is 0 Å². The monoisotopic (exact) mass is 413 g/mol. The van der Waals surface area contributed by atoms with Gasteiger partial charge in [0, 0.05) is 32.1 Å². The Morgan fingerprint density at radius 3 is 2.77 bits per heavy atom. The molecule has 9 nitrogen and oxygen atoms in total. The van der Waals surface area contributed by atoms with Crippen LogP contribution in [0.4, 0.5) is 0 Å². The summed E-state index contributed by atoms with van der Waals surface area (Å²) >= 11 is 0. The van der Waals surface area contributed by atoms with E-state index in [0.29, 0.717) is 19.6 Å². The topological polar surface area (TPSA) is 89.3 Å². The fourth-order valence-electron chi connectivity index (χ4n) is 4.10. The number of ether oxygens (including phenoxy) is 1. The van der Waals surface area contributed by atoms with Crippen LogP contribution in [-0.2, 0) is 29.2 Å². The Morgan fingerprint density at radius 1 is 1.23 bits per heavy atom. The van der Waals surface area contributed by atoms with Crippen LogP contribution in [0.5, 0.6) is 0 Å². The summed E-state index contributed by atoms with van der Waals surface area (Å²) in [5, 5.41) is 12.1. The lowest BCUT2D eigenvalue weighted by Crippen LogP contribution is -2.39. The van der Waals surface area contributed by atoms with Crippen molar-refractivity contribution in [3.05, 3.63) is 35.9 Å². The van der Waals surface area contributed by atoms with Gasteiger partial charge in [-0.2, -0.15) is 0 Å². The van der Waals surface area contributed by atoms with Crippen molar-refractivity contribution >= 4 is 5.91 Å². The van der Waals surface area contributed by atoms with E-state index >= 15 is 0 Å². The minimum atomic E-state index is 0.00290. The molecule has 0 aromatic carbocycles. The third-order valence-corrected chi connectivity index (χ3v) is 6.06. The summed E-state index contributed by atoms with van der Waals surface area (Å²) < 4.78 is 7.43. The average Bonchev–Trinajstić information content (AvgIpc) is 3.42. The number of pyridine rings is 1. The minimum absolute atomic E-state index is 0.00290. The molecule has 4 heterocycles. The maximum atomic E-state index is 13.2. The maximum absolute atomic E-state index is 13.2. The molecule has 2 aromatic heterocycles. The lowest BCUT2D eigenvalue weighted by atomic mass is 9.99. The summed E-state index contributed by atoms with van der Waals surface area (Å²) in [4.78, 5) is 21.5. The smallest absolute Gasteiger partial charge is 0.244 e. The van der Waals surface area contributed by atoms with Crippen molar-refractivity contribution in [1.29, 1.82) is 0 Å². The van der Waals surface area contributed by atoms with Crippen LogP contribution in [0.25, 0.3) is 0 Å². The molecule has 0 N–H and O–H groups in total. The van der Waals surface area contributed by atoms with Crippen molar-refractivity contribution in [2.24, 2.45) is 5.92 Å². The molecule has 2 saturated heterocycles. The van der Waals surface area contributed by atoms with Gasteiger partial charge in [-0.25, -0.2) is 4.68 Å². The lowest BCUT2D eigenvalue weighted by molar-refractivity contribution is -0.134. The number of nitrogens with zero attached hydrogens (tertiary/aromatic N) is 7. The van der Waals surface area contributed by atoms with Crippen molar-refractivity contribution in [2.75, 3.05) is 26.2 Å². The molecule has 4 rings (SSSR count). The Bertz CT molecular complexity index is 799. The van der Waals surface area contributed by atoms with Crippen LogP contribution in [-0.4, -0.2) is 73.2 Å². The number of rotatable bonds is 8. The molecule has 2 aliphatic rings. The number of amides is 1. The standard InChI is InChI=1S/C21H31N7O2/c1-17-6-10-26(11-7-17)15-20-23-24-25-28(20)16-21(29)27(14-19-3-2-12-30-19)13-18-4-8-22-9-5-18/h4-5,8-9,17,19H,2-3,6-7,10-16H2,1H3/t19-/m0/s1. The fourth-order valence-corrected chi connectivity index (χ4v) is 4.10. The maximum Gasteiger partial charge on any atom is 0.244 e. The lowest BCUT2D eigenvalue weighted by Gasteiger charge is -2.29. The normalized spacial score (nSPS) is 20.5. The first-order valence-corrected chi connectivity index (χ1v) is 10.9.